The van der Waals surface area contributed by atoms with E-state index in [-0.39, 0.29) is 11.7 Å². The molecule has 3 aromatic heterocycles. The Kier molecular flexibility index (Phi) is 8.07. The van der Waals surface area contributed by atoms with E-state index >= 15 is 0 Å². The largest absolute Gasteiger partial charge is 0.336 e. The molecule has 1 saturated heterocycles. The third kappa shape index (κ3) is 5.81. The molecule has 1 fully saturated rings. The predicted molar refractivity (Wildman–Crippen MR) is 161 cm³/mol. The van der Waals surface area contributed by atoms with Crippen LogP contribution in [0.25, 0.3) is 33.5 Å². The summed E-state index contributed by atoms with van der Waals surface area (Å²) >= 11 is 0. The van der Waals surface area contributed by atoms with E-state index in [1.165, 1.54) is 23.3 Å². The van der Waals surface area contributed by atoms with Crippen molar-refractivity contribution in [1.82, 2.24) is 40.3 Å². The maximum Gasteiger partial charge on any atom is 0.271 e. The molecule has 1 amide bonds. The molecule has 6 rings (SSSR count). The van der Waals surface area contributed by atoms with Gasteiger partial charge in [-0.2, -0.15) is 5.10 Å². The number of hydrogen-bond acceptors (Lipinski definition) is 6. The Morgan fingerprint density at radius 3 is 2.74 bits per heavy atom. The monoisotopic (exact) mass is 566 g/mol. The molecule has 2 aromatic carbocycles. The average Bonchev–Trinajstić information content (AvgIpc) is 3.59. The lowest BCUT2D eigenvalue weighted by atomic mass is 9.98. The minimum Gasteiger partial charge on any atom is -0.336 e. The van der Waals surface area contributed by atoms with Gasteiger partial charge in [0.15, 0.2) is 5.82 Å². The highest BCUT2D eigenvalue weighted by Gasteiger charge is 2.23. The maximum absolute atomic E-state index is 13.4. The Bertz CT molecular complexity index is 1690. The molecule has 10 heteroatoms. The van der Waals surface area contributed by atoms with Crippen LogP contribution in [-0.4, -0.2) is 73.6 Å². The quantitative estimate of drug-likeness (QED) is 0.246. The van der Waals surface area contributed by atoms with Gasteiger partial charge in [0.05, 0.1) is 11.7 Å². The molecule has 1 aliphatic heterocycles. The third-order valence-corrected chi connectivity index (χ3v) is 7.98. The summed E-state index contributed by atoms with van der Waals surface area (Å²) in [6, 6.07) is 12.8. The van der Waals surface area contributed by atoms with E-state index in [9.17, 15) is 9.18 Å². The Labute approximate surface area is 244 Å². The van der Waals surface area contributed by atoms with Crippen LogP contribution in [0.4, 0.5) is 4.39 Å². The summed E-state index contributed by atoms with van der Waals surface area (Å²) in [5, 5.41) is 11.9. The lowest BCUT2D eigenvalue weighted by Crippen LogP contribution is -2.35. The number of halogens is 1. The van der Waals surface area contributed by atoms with Gasteiger partial charge in [-0.05, 0) is 66.4 Å². The molecular formula is C32H35FN8O. The van der Waals surface area contributed by atoms with E-state index in [0.29, 0.717) is 30.3 Å². The van der Waals surface area contributed by atoms with Gasteiger partial charge < -0.3 is 15.2 Å². The fourth-order valence-electron chi connectivity index (χ4n) is 5.56. The molecule has 3 N–H and O–H groups in total. The molecule has 5 aromatic rings. The van der Waals surface area contributed by atoms with Crippen molar-refractivity contribution in [2.45, 2.75) is 33.4 Å². The highest BCUT2D eigenvalue weighted by molar-refractivity contribution is 5.96. The van der Waals surface area contributed by atoms with Crippen molar-refractivity contribution in [2.75, 3.05) is 32.7 Å². The summed E-state index contributed by atoms with van der Waals surface area (Å²) in [7, 11) is 0. The van der Waals surface area contributed by atoms with Gasteiger partial charge >= 0.3 is 0 Å². The number of fused-ring (bicyclic) bond motifs is 1. The number of amides is 1. The summed E-state index contributed by atoms with van der Waals surface area (Å²) < 4.78 is 13.3. The summed E-state index contributed by atoms with van der Waals surface area (Å²) in [6.07, 6.45) is 6.28. The predicted octanol–water partition coefficient (Wildman–Crippen LogP) is 4.92. The summed E-state index contributed by atoms with van der Waals surface area (Å²) in [4.78, 5) is 29.9. The number of aromatic amines is 2. The first-order valence-corrected chi connectivity index (χ1v) is 14.4. The van der Waals surface area contributed by atoms with E-state index < -0.39 is 0 Å². The average molecular weight is 567 g/mol. The van der Waals surface area contributed by atoms with Gasteiger partial charge in [0.2, 0.25) is 0 Å². The summed E-state index contributed by atoms with van der Waals surface area (Å²) in [6.45, 7) is 9.54. The molecule has 0 saturated carbocycles. The number of nitrogens with one attached hydrogen (secondary N) is 3. The number of carbonyl (C=O) groups is 1. The number of pyridine rings is 1. The van der Waals surface area contributed by atoms with E-state index in [1.807, 2.05) is 35.5 Å². The first-order chi connectivity index (χ1) is 20.5. The molecule has 42 heavy (non-hydrogen) atoms. The molecule has 0 bridgehead atoms. The van der Waals surface area contributed by atoms with Gasteiger partial charge in [-0.15, -0.1) is 0 Å². The topological polar surface area (TPSA) is 106 Å². The van der Waals surface area contributed by atoms with Crippen molar-refractivity contribution < 1.29 is 9.18 Å². The highest BCUT2D eigenvalue weighted by Crippen LogP contribution is 2.31. The SMILES string of the molecule is CCNCc1cncc(-c2ccc3[nH]nc(-c4ncc(C(=O)N5CCCN(Cc6ccc(F)cc6)CC5)[nH]4)c3c2)c1C. The number of hydrogen-bond donors (Lipinski definition) is 3. The molecule has 0 unspecified atom stereocenters. The van der Waals surface area contributed by atoms with Crippen LogP contribution in [0.5, 0.6) is 0 Å². The summed E-state index contributed by atoms with van der Waals surface area (Å²) in [5.74, 6) is 0.244. The van der Waals surface area contributed by atoms with Crippen LogP contribution in [0.1, 0.15) is 40.5 Å². The van der Waals surface area contributed by atoms with E-state index in [0.717, 1.165) is 66.7 Å². The maximum atomic E-state index is 13.4. The van der Waals surface area contributed by atoms with Crippen molar-refractivity contribution in [3.63, 3.8) is 0 Å². The Morgan fingerprint density at radius 2 is 1.90 bits per heavy atom. The summed E-state index contributed by atoms with van der Waals surface area (Å²) in [5.41, 5.74) is 7.55. The normalized spacial score (nSPS) is 14.4. The zero-order valence-electron chi connectivity index (χ0n) is 24.0. The first kappa shape index (κ1) is 27.7. The standard InChI is InChI=1S/C32H35FN8O/c1-3-34-16-24-17-35-18-27(21(24)2)23-7-10-28-26(15-23)30(39-38-28)31-36-19-29(37-31)32(42)41-12-4-11-40(13-14-41)20-22-5-8-25(33)9-6-22/h5-10,15,17-19,34H,3-4,11-14,16,20H2,1-2H3,(H,36,37)(H,38,39). The van der Waals surface area contributed by atoms with Crippen LogP contribution in [-0.2, 0) is 13.1 Å². The third-order valence-electron chi connectivity index (χ3n) is 7.98. The minimum atomic E-state index is -0.230. The number of rotatable bonds is 8. The van der Waals surface area contributed by atoms with Crippen molar-refractivity contribution in [2.24, 2.45) is 0 Å². The van der Waals surface area contributed by atoms with Crippen LogP contribution in [0.15, 0.2) is 61.1 Å². The van der Waals surface area contributed by atoms with Gasteiger partial charge in [0.1, 0.15) is 17.2 Å². The second-order valence-electron chi connectivity index (χ2n) is 10.8. The molecule has 1 aliphatic rings. The van der Waals surface area contributed by atoms with Gasteiger partial charge in [0.25, 0.3) is 5.91 Å². The molecule has 9 nitrogen and oxygen atoms in total. The number of aromatic nitrogens is 5. The molecule has 0 spiro atoms. The molecular weight excluding hydrogens is 531 g/mol. The lowest BCUT2D eigenvalue weighted by molar-refractivity contribution is 0.0756. The van der Waals surface area contributed by atoms with Crippen molar-refractivity contribution in [3.8, 4) is 22.6 Å². The van der Waals surface area contributed by atoms with Crippen molar-refractivity contribution in [3.05, 3.63) is 89.3 Å². The smallest absolute Gasteiger partial charge is 0.271 e. The molecule has 0 aliphatic carbocycles. The van der Waals surface area contributed by atoms with Crippen LogP contribution in [0.3, 0.4) is 0 Å². The fourth-order valence-corrected chi connectivity index (χ4v) is 5.56. The van der Waals surface area contributed by atoms with Crippen LogP contribution >= 0.6 is 0 Å². The Balaban J connectivity index is 1.18. The fraction of sp³-hybridized carbons (Fsp3) is 0.312. The number of nitrogens with zero attached hydrogens (tertiary/aromatic N) is 5. The van der Waals surface area contributed by atoms with E-state index in [2.05, 4.69) is 61.3 Å². The van der Waals surface area contributed by atoms with E-state index in [4.69, 9.17) is 0 Å². The highest BCUT2D eigenvalue weighted by atomic mass is 19.1. The zero-order valence-corrected chi connectivity index (χ0v) is 24.0. The second-order valence-corrected chi connectivity index (χ2v) is 10.8. The van der Waals surface area contributed by atoms with Crippen molar-refractivity contribution >= 4 is 16.8 Å². The van der Waals surface area contributed by atoms with Crippen LogP contribution < -0.4 is 5.32 Å². The lowest BCUT2D eigenvalue weighted by Gasteiger charge is -2.21. The Hall–Kier alpha value is -4.41. The first-order valence-electron chi connectivity index (χ1n) is 14.4. The molecule has 216 valence electrons. The number of imidazole rings is 1. The second kappa shape index (κ2) is 12.2. The zero-order chi connectivity index (χ0) is 29.1. The van der Waals surface area contributed by atoms with Gasteiger partial charge in [-0.1, -0.05) is 25.1 Å². The number of carbonyl (C=O) groups excluding carboxylic acids is 1. The van der Waals surface area contributed by atoms with Gasteiger partial charge in [0, 0.05) is 62.6 Å². The van der Waals surface area contributed by atoms with Crippen LogP contribution in [0.2, 0.25) is 0 Å². The Morgan fingerprint density at radius 1 is 1.05 bits per heavy atom. The number of H-pyrrole nitrogens is 2. The molecule has 4 heterocycles. The number of benzene rings is 2. The van der Waals surface area contributed by atoms with Crippen molar-refractivity contribution in [1.29, 1.82) is 0 Å². The molecule has 0 radical (unpaired) electrons. The van der Waals surface area contributed by atoms with Gasteiger partial charge in [-0.3, -0.25) is 19.8 Å². The van der Waals surface area contributed by atoms with Crippen LogP contribution in [0, 0.1) is 12.7 Å². The minimum absolute atomic E-state index is 0.0721. The van der Waals surface area contributed by atoms with E-state index in [1.54, 1.807) is 6.20 Å². The van der Waals surface area contributed by atoms with Gasteiger partial charge in [-0.25, -0.2) is 9.37 Å². The molecule has 0 atom stereocenters.